The zero-order chi connectivity index (χ0) is 22.4. The number of hydrogen-bond donors (Lipinski definition) is 0. The average Bonchev–Trinajstić information content (AvgIpc) is 3.01. The summed E-state index contributed by atoms with van der Waals surface area (Å²) in [6, 6.07) is 13.8. The Bertz CT molecular complexity index is 898. The van der Waals surface area contributed by atoms with E-state index in [1.54, 1.807) is 28.9 Å². The van der Waals surface area contributed by atoms with Crippen LogP contribution in [-0.4, -0.2) is 53.9 Å². The lowest BCUT2D eigenvalue weighted by Crippen LogP contribution is -2.43. The molecule has 0 saturated carbocycles. The van der Waals surface area contributed by atoms with Crippen LogP contribution in [-0.2, 0) is 16.0 Å². The average molecular weight is 427 g/mol. The van der Waals surface area contributed by atoms with Crippen molar-refractivity contribution in [1.82, 2.24) is 9.80 Å². The molecule has 166 valence electrons. The maximum Gasteiger partial charge on any atom is 0.263 e. The van der Waals surface area contributed by atoms with E-state index in [-0.39, 0.29) is 24.1 Å². The van der Waals surface area contributed by atoms with Crippen LogP contribution in [0.3, 0.4) is 0 Å². The quantitative estimate of drug-likeness (QED) is 0.701. The van der Waals surface area contributed by atoms with Crippen LogP contribution < -0.4 is 4.74 Å². The van der Waals surface area contributed by atoms with Crippen molar-refractivity contribution in [3.63, 3.8) is 0 Å². The van der Waals surface area contributed by atoms with E-state index in [4.69, 9.17) is 4.74 Å². The van der Waals surface area contributed by atoms with Crippen LogP contribution in [0.2, 0.25) is 0 Å². The lowest BCUT2D eigenvalue weighted by atomic mass is 10.0. The highest BCUT2D eigenvalue weighted by atomic mass is 19.1. The maximum absolute atomic E-state index is 13.1. The van der Waals surface area contributed by atoms with Crippen LogP contribution in [0.4, 0.5) is 4.39 Å². The molecule has 1 aliphatic rings. The van der Waals surface area contributed by atoms with Gasteiger partial charge in [-0.05, 0) is 48.6 Å². The molecule has 5 nitrogen and oxygen atoms in total. The molecule has 1 saturated heterocycles. The lowest BCUT2D eigenvalue weighted by molar-refractivity contribution is -0.138. The third-order valence-electron chi connectivity index (χ3n) is 5.62. The Kier molecular flexibility index (Phi) is 7.66. The molecule has 3 rings (SSSR count). The minimum absolute atomic E-state index is 0.00364. The van der Waals surface area contributed by atoms with Crippen molar-refractivity contribution in [2.45, 2.75) is 45.6 Å². The summed E-state index contributed by atoms with van der Waals surface area (Å²) in [5, 5.41) is 0. The van der Waals surface area contributed by atoms with E-state index in [9.17, 15) is 14.0 Å². The first kappa shape index (κ1) is 22.8. The molecule has 2 aromatic carbocycles. The molecule has 0 bridgehead atoms. The van der Waals surface area contributed by atoms with E-state index in [1.165, 1.54) is 12.1 Å². The normalized spacial score (nSPS) is 15.5. The second-order valence-corrected chi connectivity index (χ2v) is 8.32. The highest BCUT2D eigenvalue weighted by molar-refractivity contribution is 5.81. The smallest absolute Gasteiger partial charge is 0.263 e. The van der Waals surface area contributed by atoms with E-state index in [1.807, 2.05) is 24.3 Å². The summed E-state index contributed by atoms with van der Waals surface area (Å²) in [5.41, 5.74) is 1.87. The van der Waals surface area contributed by atoms with Crippen molar-refractivity contribution in [3.8, 4) is 5.75 Å². The number of para-hydroxylation sites is 1. The van der Waals surface area contributed by atoms with Crippen molar-refractivity contribution >= 4 is 11.8 Å². The van der Waals surface area contributed by atoms with Gasteiger partial charge in [0.05, 0.1) is 6.42 Å². The Morgan fingerprint density at radius 2 is 1.58 bits per heavy atom. The standard InChI is InChI=1S/C25H31FN2O3/c1-18(2)22-7-4-5-8-23(22)31-19(3)25(30)28-14-6-13-27(15-16-28)24(29)17-20-9-11-21(26)12-10-20/h4-5,7-12,18-19H,6,13-17H2,1-3H3. The summed E-state index contributed by atoms with van der Waals surface area (Å²) >= 11 is 0. The van der Waals surface area contributed by atoms with Gasteiger partial charge in [0.15, 0.2) is 6.10 Å². The Labute approximate surface area is 183 Å². The number of amides is 2. The molecular formula is C25H31FN2O3. The van der Waals surface area contributed by atoms with E-state index in [0.717, 1.165) is 23.3 Å². The molecule has 31 heavy (non-hydrogen) atoms. The van der Waals surface area contributed by atoms with Crippen LogP contribution in [0.25, 0.3) is 0 Å². The van der Waals surface area contributed by atoms with Gasteiger partial charge in [-0.1, -0.05) is 44.2 Å². The molecule has 1 heterocycles. The van der Waals surface area contributed by atoms with Crippen molar-refractivity contribution < 1.29 is 18.7 Å². The van der Waals surface area contributed by atoms with Gasteiger partial charge in [-0.25, -0.2) is 4.39 Å². The van der Waals surface area contributed by atoms with Gasteiger partial charge in [0.2, 0.25) is 5.91 Å². The van der Waals surface area contributed by atoms with Gasteiger partial charge in [-0.15, -0.1) is 0 Å². The summed E-state index contributed by atoms with van der Waals surface area (Å²) in [6.07, 6.45) is 0.358. The van der Waals surface area contributed by atoms with E-state index >= 15 is 0 Å². The Hall–Kier alpha value is -2.89. The van der Waals surface area contributed by atoms with Crippen molar-refractivity contribution in [1.29, 1.82) is 0 Å². The predicted molar refractivity (Wildman–Crippen MR) is 119 cm³/mol. The summed E-state index contributed by atoms with van der Waals surface area (Å²) in [4.78, 5) is 29.2. The van der Waals surface area contributed by atoms with Crippen LogP contribution >= 0.6 is 0 Å². The Morgan fingerprint density at radius 1 is 0.935 bits per heavy atom. The molecule has 1 fully saturated rings. The van der Waals surface area contributed by atoms with Gasteiger partial charge < -0.3 is 14.5 Å². The molecule has 2 amide bonds. The Morgan fingerprint density at radius 3 is 2.29 bits per heavy atom. The summed E-state index contributed by atoms with van der Waals surface area (Å²) < 4.78 is 19.1. The molecule has 0 spiro atoms. The topological polar surface area (TPSA) is 49.9 Å². The SMILES string of the molecule is CC(Oc1ccccc1C(C)C)C(=O)N1CCCN(C(=O)Cc2ccc(F)cc2)CC1. The zero-order valence-corrected chi connectivity index (χ0v) is 18.5. The van der Waals surface area contributed by atoms with Crippen LogP contribution in [0.5, 0.6) is 5.75 Å². The first-order valence-corrected chi connectivity index (χ1v) is 10.9. The van der Waals surface area contributed by atoms with Gasteiger partial charge in [0.25, 0.3) is 5.91 Å². The molecule has 0 radical (unpaired) electrons. The molecular weight excluding hydrogens is 395 g/mol. The fourth-order valence-corrected chi connectivity index (χ4v) is 3.84. The monoisotopic (exact) mass is 426 g/mol. The number of hydrogen-bond acceptors (Lipinski definition) is 3. The third-order valence-corrected chi connectivity index (χ3v) is 5.62. The van der Waals surface area contributed by atoms with E-state index in [2.05, 4.69) is 13.8 Å². The fraction of sp³-hybridized carbons (Fsp3) is 0.440. The van der Waals surface area contributed by atoms with Gasteiger partial charge in [-0.3, -0.25) is 9.59 Å². The summed E-state index contributed by atoms with van der Waals surface area (Å²) in [6.45, 7) is 8.15. The van der Waals surface area contributed by atoms with Crippen LogP contribution in [0, 0.1) is 5.82 Å². The molecule has 0 aliphatic carbocycles. The van der Waals surface area contributed by atoms with Gasteiger partial charge in [-0.2, -0.15) is 0 Å². The highest BCUT2D eigenvalue weighted by Crippen LogP contribution is 2.27. The number of halogens is 1. The fourth-order valence-electron chi connectivity index (χ4n) is 3.84. The minimum Gasteiger partial charge on any atom is -0.481 e. The van der Waals surface area contributed by atoms with E-state index in [0.29, 0.717) is 32.1 Å². The minimum atomic E-state index is -0.596. The van der Waals surface area contributed by atoms with Crippen LogP contribution in [0.15, 0.2) is 48.5 Å². The first-order valence-electron chi connectivity index (χ1n) is 10.9. The predicted octanol–water partition coefficient (Wildman–Crippen LogP) is 4.02. The number of carbonyl (C=O) groups excluding carboxylic acids is 2. The Balaban J connectivity index is 1.56. The summed E-state index contributed by atoms with van der Waals surface area (Å²) in [5.74, 6) is 0.664. The van der Waals surface area contributed by atoms with Gasteiger partial charge in [0, 0.05) is 26.2 Å². The van der Waals surface area contributed by atoms with Crippen LogP contribution in [0.1, 0.15) is 44.2 Å². The second kappa shape index (κ2) is 10.4. The number of rotatable bonds is 6. The van der Waals surface area contributed by atoms with E-state index < -0.39 is 6.10 Å². The number of carbonyl (C=O) groups is 2. The number of benzene rings is 2. The maximum atomic E-state index is 13.1. The second-order valence-electron chi connectivity index (χ2n) is 8.32. The highest BCUT2D eigenvalue weighted by Gasteiger charge is 2.26. The largest absolute Gasteiger partial charge is 0.481 e. The van der Waals surface area contributed by atoms with Gasteiger partial charge >= 0.3 is 0 Å². The summed E-state index contributed by atoms with van der Waals surface area (Å²) in [7, 11) is 0. The molecule has 0 N–H and O–H groups in total. The molecule has 0 aromatic heterocycles. The molecule has 1 unspecified atom stereocenters. The molecule has 2 aromatic rings. The third kappa shape index (κ3) is 6.06. The van der Waals surface area contributed by atoms with Crippen molar-refractivity contribution in [2.75, 3.05) is 26.2 Å². The lowest BCUT2D eigenvalue weighted by Gasteiger charge is -2.26. The first-order chi connectivity index (χ1) is 14.8. The number of nitrogens with zero attached hydrogens (tertiary/aromatic N) is 2. The van der Waals surface area contributed by atoms with Crippen molar-refractivity contribution in [3.05, 3.63) is 65.5 Å². The zero-order valence-electron chi connectivity index (χ0n) is 18.5. The molecule has 1 atom stereocenters. The number of ether oxygens (including phenoxy) is 1. The molecule has 1 aliphatic heterocycles. The molecule has 6 heteroatoms. The van der Waals surface area contributed by atoms with Gasteiger partial charge in [0.1, 0.15) is 11.6 Å². The van der Waals surface area contributed by atoms with Crippen molar-refractivity contribution in [2.24, 2.45) is 0 Å².